The van der Waals surface area contributed by atoms with Crippen LogP contribution in [0.3, 0.4) is 0 Å². The van der Waals surface area contributed by atoms with Crippen LogP contribution in [0, 0.1) is 0 Å². The van der Waals surface area contributed by atoms with Crippen LogP contribution in [0.5, 0.6) is 5.75 Å². The minimum Gasteiger partial charge on any atom is -0.495 e. The Morgan fingerprint density at radius 1 is 1.29 bits per heavy atom. The number of aliphatic hydroxyl groups excluding tert-OH is 1. The van der Waals surface area contributed by atoms with Gasteiger partial charge in [0, 0.05) is 23.2 Å². The third-order valence-electron chi connectivity index (χ3n) is 4.32. The molecule has 2 aliphatic rings. The number of hydrogen-bond acceptors (Lipinski definition) is 4. The molecule has 2 fully saturated rings. The topological polar surface area (TPSA) is 66.8 Å². The van der Waals surface area contributed by atoms with Gasteiger partial charge in [0.25, 0.3) is 0 Å². The maximum absolute atomic E-state index is 13.0. The average molecular weight is 332 g/mol. The van der Waals surface area contributed by atoms with Crippen molar-refractivity contribution in [3.05, 3.63) is 23.2 Å². The van der Waals surface area contributed by atoms with Crippen LogP contribution in [0.2, 0.25) is 5.02 Å². The van der Waals surface area contributed by atoms with Crippen molar-refractivity contribution < 1.29 is 18.3 Å². The zero-order valence-electron chi connectivity index (χ0n) is 11.7. The molecule has 0 amide bonds. The number of nitrogens with zero attached hydrogens (tertiary/aromatic N) is 1. The van der Waals surface area contributed by atoms with Gasteiger partial charge in [-0.1, -0.05) is 11.6 Å². The first-order chi connectivity index (χ1) is 9.93. The molecule has 2 bridgehead atoms. The summed E-state index contributed by atoms with van der Waals surface area (Å²) in [4.78, 5) is 0.141. The number of hydrogen-bond donors (Lipinski definition) is 1. The second-order valence-corrected chi connectivity index (χ2v) is 7.89. The normalized spacial score (nSPS) is 29.6. The third-order valence-corrected chi connectivity index (χ3v) is 6.60. The second-order valence-electron chi connectivity index (χ2n) is 5.64. The number of sulfonamides is 1. The molecule has 3 rings (SSSR count). The van der Waals surface area contributed by atoms with Crippen LogP contribution in [-0.2, 0) is 10.0 Å². The van der Waals surface area contributed by atoms with Gasteiger partial charge >= 0.3 is 0 Å². The maximum atomic E-state index is 13.0. The second kappa shape index (κ2) is 5.43. The maximum Gasteiger partial charge on any atom is 0.247 e. The molecule has 0 aromatic heterocycles. The number of piperidine rings is 1. The lowest BCUT2D eigenvalue weighted by atomic mass is 10.0. The van der Waals surface area contributed by atoms with Gasteiger partial charge in [-0.2, -0.15) is 4.31 Å². The van der Waals surface area contributed by atoms with Gasteiger partial charge < -0.3 is 9.84 Å². The van der Waals surface area contributed by atoms with Crippen molar-refractivity contribution in [3.63, 3.8) is 0 Å². The lowest BCUT2D eigenvalue weighted by Gasteiger charge is -2.36. The van der Waals surface area contributed by atoms with Crippen LogP contribution < -0.4 is 4.74 Å². The number of halogens is 1. The van der Waals surface area contributed by atoms with Crippen LogP contribution in [-0.4, -0.2) is 43.1 Å². The Kier molecular flexibility index (Phi) is 3.90. The molecule has 7 heteroatoms. The molecule has 2 heterocycles. The lowest BCUT2D eigenvalue weighted by Crippen LogP contribution is -2.47. The SMILES string of the molecule is COc1cc(Cl)ccc1S(=O)(=O)N1C2CCC1CC(O)C2. The summed E-state index contributed by atoms with van der Waals surface area (Å²) in [6.45, 7) is 0. The van der Waals surface area contributed by atoms with Crippen LogP contribution >= 0.6 is 11.6 Å². The van der Waals surface area contributed by atoms with Crippen LogP contribution in [0.4, 0.5) is 0 Å². The van der Waals surface area contributed by atoms with Crippen molar-refractivity contribution in [1.82, 2.24) is 4.31 Å². The van der Waals surface area contributed by atoms with E-state index >= 15 is 0 Å². The molecule has 0 radical (unpaired) electrons. The molecule has 2 aliphatic heterocycles. The monoisotopic (exact) mass is 331 g/mol. The standard InChI is InChI=1S/C14H18ClNO4S/c1-20-13-6-9(15)2-5-14(13)21(18,19)16-10-3-4-11(16)8-12(17)7-10/h2,5-6,10-12,17H,3-4,7-8H2,1H3. The summed E-state index contributed by atoms with van der Waals surface area (Å²) in [6.07, 6.45) is 2.21. The molecular weight excluding hydrogens is 314 g/mol. The van der Waals surface area contributed by atoms with E-state index in [1.165, 1.54) is 19.2 Å². The van der Waals surface area contributed by atoms with Crippen molar-refractivity contribution in [2.45, 2.75) is 48.8 Å². The van der Waals surface area contributed by atoms with Gasteiger partial charge in [0.05, 0.1) is 13.2 Å². The van der Waals surface area contributed by atoms with E-state index in [2.05, 4.69) is 0 Å². The van der Waals surface area contributed by atoms with Crippen molar-refractivity contribution in [2.24, 2.45) is 0 Å². The van der Waals surface area contributed by atoms with Gasteiger partial charge in [0.15, 0.2) is 0 Å². The van der Waals surface area contributed by atoms with E-state index in [0.717, 1.165) is 12.8 Å². The average Bonchev–Trinajstić information content (AvgIpc) is 2.72. The van der Waals surface area contributed by atoms with Crippen molar-refractivity contribution in [2.75, 3.05) is 7.11 Å². The van der Waals surface area contributed by atoms with E-state index in [1.807, 2.05) is 0 Å². The summed E-state index contributed by atoms with van der Waals surface area (Å²) in [5.74, 6) is 0.257. The van der Waals surface area contributed by atoms with E-state index in [1.54, 1.807) is 10.4 Å². The summed E-state index contributed by atoms with van der Waals surface area (Å²) in [6, 6.07) is 4.31. The Bertz CT molecular complexity index is 634. The molecule has 1 aromatic rings. The highest BCUT2D eigenvalue weighted by Crippen LogP contribution is 2.41. The molecule has 1 aromatic carbocycles. The number of ether oxygens (including phenoxy) is 1. The van der Waals surface area contributed by atoms with Crippen LogP contribution in [0.15, 0.2) is 23.1 Å². The highest BCUT2D eigenvalue weighted by atomic mass is 35.5. The smallest absolute Gasteiger partial charge is 0.247 e. The van der Waals surface area contributed by atoms with E-state index < -0.39 is 16.1 Å². The lowest BCUT2D eigenvalue weighted by molar-refractivity contribution is 0.0768. The summed E-state index contributed by atoms with van der Waals surface area (Å²) >= 11 is 5.90. The number of rotatable bonds is 3. The number of benzene rings is 1. The first-order valence-electron chi connectivity index (χ1n) is 6.98. The Morgan fingerprint density at radius 3 is 2.48 bits per heavy atom. The zero-order valence-corrected chi connectivity index (χ0v) is 13.3. The van der Waals surface area contributed by atoms with Crippen molar-refractivity contribution in [1.29, 1.82) is 0 Å². The fourth-order valence-corrected chi connectivity index (χ4v) is 5.66. The molecule has 2 unspecified atom stereocenters. The Balaban J connectivity index is 2.02. The first kappa shape index (κ1) is 15.1. The van der Waals surface area contributed by atoms with Gasteiger partial charge in [0.2, 0.25) is 10.0 Å². The summed E-state index contributed by atoms with van der Waals surface area (Å²) in [5.41, 5.74) is 0. The number of methoxy groups -OCH3 is 1. The van der Waals surface area contributed by atoms with Crippen molar-refractivity contribution >= 4 is 21.6 Å². The van der Waals surface area contributed by atoms with E-state index in [-0.39, 0.29) is 22.7 Å². The van der Waals surface area contributed by atoms with Gasteiger partial charge in [-0.25, -0.2) is 8.42 Å². The Labute approximate surface area is 129 Å². The van der Waals surface area contributed by atoms with Gasteiger partial charge in [0.1, 0.15) is 10.6 Å². The minimum atomic E-state index is -3.64. The summed E-state index contributed by atoms with van der Waals surface area (Å²) in [5, 5.41) is 10.3. The largest absolute Gasteiger partial charge is 0.495 e. The fraction of sp³-hybridized carbons (Fsp3) is 0.571. The molecule has 1 N–H and O–H groups in total. The summed E-state index contributed by atoms with van der Waals surface area (Å²) in [7, 11) is -2.21. The zero-order chi connectivity index (χ0) is 15.2. The fourth-order valence-electron chi connectivity index (χ4n) is 3.47. The molecular formula is C14H18ClNO4S. The number of fused-ring (bicyclic) bond motifs is 2. The number of aliphatic hydroxyl groups is 1. The predicted molar refractivity (Wildman–Crippen MR) is 79.1 cm³/mol. The highest BCUT2D eigenvalue weighted by molar-refractivity contribution is 7.89. The molecule has 0 spiro atoms. The molecule has 0 aliphatic carbocycles. The molecule has 21 heavy (non-hydrogen) atoms. The minimum absolute atomic E-state index is 0.121. The third kappa shape index (κ3) is 2.54. The van der Waals surface area contributed by atoms with Gasteiger partial charge in [-0.3, -0.25) is 0 Å². The van der Waals surface area contributed by atoms with Gasteiger partial charge in [-0.05, 0) is 37.8 Å². The van der Waals surface area contributed by atoms with E-state index in [0.29, 0.717) is 17.9 Å². The van der Waals surface area contributed by atoms with E-state index in [9.17, 15) is 13.5 Å². The van der Waals surface area contributed by atoms with Crippen LogP contribution in [0.1, 0.15) is 25.7 Å². The molecule has 2 saturated heterocycles. The molecule has 5 nitrogen and oxygen atoms in total. The first-order valence-corrected chi connectivity index (χ1v) is 8.80. The van der Waals surface area contributed by atoms with Crippen LogP contribution in [0.25, 0.3) is 0 Å². The Morgan fingerprint density at radius 2 is 1.90 bits per heavy atom. The molecule has 2 atom stereocenters. The van der Waals surface area contributed by atoms with Crippen molar-refractivity contribution in [3.8, 4) is 5.75 Å². The quantitative estimate of drug-likeness (QED) is 0.920. The highest BCUT2D eigenvalue weighted by Gasteiger charge is 2.47. The van der Waals surface area contributed by atoms with E-state index in [4.69, 9.17) is 16.3 Å². The van der Waals surface area contributed by atoms with Gasteiger partial charge in [-0.15, -0.1) is 0 Å². The molecule has 116 valence electrons. The predicted octanol–water partition coefficient (Wildman–Crippen LogP) is 2.03. The Hall–Kier alpha value is -0.820. The molecule has 0 saturated carbocycles. The summed E-state index contributed by atoms with van der Waals surface area (Å²) < 4.78 is 32.7.